The van der Waals surface area contributed by atoms with Crippen LogP contribution in [0.2, 0.25) is 0 Å². The Morgan fingerprint density at radius 3 is 2.92 bits per heavy atom. The lowest BCUT2D eigenvalue weighted by molar-refractivity contribution is 0.317. The molecule has 1 N–H and O–H groups in total. The Bertz CT molecular complexity index is 279. The van der Waals surface area contributed by atoms with Gasteiger partial charge in [0.1, 0.15) is 0 Å². The lowest BCUT2D eigenvalue weighted by atomic mass is 10.2. The predicted octanol–water partition coefficient (Wildman–Crippen LogP) is 2.43. The summed E-state index contributed by atoms with van der Waals surface area (Å²) in [5.74, 6) is 0.671. The average molecular weight is 164 g/mol. The van der Waals surface area contributed by atoms with Crippen molar-refractivity contribution in [1.82, 2.24) is 0 Å². The summed E-state index contributed by atoms with van der Waals surface area (Å²) in [6, 6.07) is 5.20. The van der Waals surface area contributed by atoms with Crippen LogP contribution in [0.15, 0.2) is 24.8 Å². The van der Waals surface area contributed by atoms with Crippen molar-refractivity contribution in [2.45, 2.75) is 6.92 Å². The van der Waals surface area contributed by atoms with Crippen molar-refractivity contribution < 1.29 is 9.84 Å². The number of phenols is 1. The first-order valence-electron chi connectivity index (χ1n) is 3.86. The molecular weight excluding hydrogens is 152 g/mol. The van der Waals surface area contributed by atoms with Gasteiger partial charge in [-0.3, -0.25) is 0 Å². The van der Waals surface area contributed by atoms with Gasteiger partial charge in [0.15, 0.2) is 11.5 Å². The minimum atomic E-state index is 0.161. The molecule has 0 amide bonds. The second kappa shape index (κ2) is 3.81. The largest absolute Gasteiger partial charge is 0.504 e. The molecule has 0 atom stereocenters. The molecule has 0 fully saturated rings. The molecule has 64 valence electrons. The molecule has 0 heterocycles. The fraction of sp³-hybridized carbons (Fsp3) is 0.200. The minimum absolute atomic E-state index is 0.161. The Morgan fingerprint density at radius 1 is 1.58 bits per heavy atom. The van der Waals surface area contributed by atoms with Crippen LogP contribution >= 0.6 is 0 Å². The number of phenolic OH excluding ortho intramolecular Hbond substituents is 1. The molecule has 1 rings (SSSR count). The maximum absolute atomic E-state index is 9.38. The number of para-hydroxylation sites is 1. The molecule has 0 saturated heterocycles. The van der Waals surface area contributed by atoms with Gasteiger partial charge in [-0.1, -0.05) is 24.8 Å². The molecule has 0 radical (unpaired) electrons. The van der Waals surface area contributed by atoms with Crippen molar-refractivity contribution in [2.24, 2.45) is 0 Å². The first kappa shape index (κ1) is 8.65. The first-order valence-corrected chi connectivity index (χ1v) is 3.86. The van der Waals surface area contributed by atoms with Gasteiger partial charge in [0, 0.05) is 5.56 Å². The summed E-state index contributed by atoms with van der Waals surface area (Å²) < 4.78 is 5.24. The summed E-state index contributed by atoms with van der Waals surface area (Å²) in [7, 11) is 0. The van der Waals surface area contributed by atoms with Crippen molar-refractivity contribution in [3.8, 4) is 11.5 Å². The van der Waals surface area contributed by atoms with E-state index in [9.17, 15) is 5.11 Å². The van der Waals surface area contributed by atoms with Crippen molar-refractivity contribution in [3.05, 3.63) is 30.3 Å². The molecule has 0 spiro atoms. The Labute approximate surface area is 72.1 Å². The summed E-state index contributed by atoms with van der Waals surface area (Å²) in [5.41, 5.74) is 0.817. The average Bonchev–Trinajstić information content (AvgIpc) is 2.09. The van der Waals surface area contributed by atoms with Crippen molar-refractivity contribution >= 4 is 6.08 Å². The van der Waals surface area contributed by atoms with Crippen molar-refractivity contribution in [1.29, 1.82) is 0 Å². The van der Waals surface area contributed by atoms with Gasteiger partial charge in [-0.05, 0) is 13.0 Å². The first-order chi connectivity index (χ1) is 5.79. The van der Waals surface area contributed by atoms with Crippen LogP contribution in [0.25, 0.3) is 6.08 Å². The molecule has 0 saturated carbocycles. The van der Waals surface area contributed by atoms with E-state index in [4.69, 9.17) is 4.74 Å². The molecule has 0 aliphatic rings. The SMILES string of the molecule is C=Cc1cccc(O)c1OCC. The molecule has 2 nitrogen and oxygen atoms in total. The topological polar surface area (TPSA) is 29.5 Å². The fourth-order valence-corrected chi connectivity index (χ4v) is 1.00. The van der Waals surface area contributed by atoms with E-state index >= 15 is 0 Å². The molecule has 0 aliphatic heterocycles. The van der Waals surface area contributed by atoms with E-state index in [0.717, 1.165) is 5.56 Å². The molecule has 1 aromatic carbocycles. The Hall–Kier alpha value is -1.44. The highest BCUT2D eigenvalue weighted by Gasteiger charge is 2.04. The van der Waals surface area contributed by atoms with Gasteiger partial charge in [-0.2, -0.15) is 0 Å². The van der Waals surface area contributed by atoms with Crippen LogP contribution in [-0.4, -0.2) is 11.7 Å². The second-order valence-corrected chi connectivity index (χ2v) is 2.33. The minimum Gasteiger partial charge on any atom is -0.504 e. The van der Waals surface area contributed by atoms with Crippen LogP contribution in [0.4, 0.5) is 0 Å². The smallest absolute Gasteiger partial charge is 0.168 e. The maximum atomic E-state index is 9.38. The summed E-state index contributed by atoms with van der Waals surface area (Å²) in [4.78, 5) is 0. The van der Waals surface area contributed by atoms with Crippen molar-refractivity contribution in [2.75, 3.05) is 6.61 Å². The molecule has 1 aromatic rings. The van der Waals surface area contributed by atoms with Gasteiger partial charge in [0.2, 0.25) is 0 Å². The third-order valence-electron chi connectivity index (χ3n) is 1.53. The van der Waals surface area contributed by atoms with Crippen LogP contribution in [0, 0.1) is 0 Å². The fourth-order valence-electron chi connectivity index (χ4n) is 1.00. The van der Waals surface area contributed by atoms with Crippen LogP contribution in [-0.2, 0) is 0 Å². The second-order valence-electron chi connectivity index (χ2n) is 2.33. The van der Waals surface area contributed by atoms with Gasteiger partial charge in [-0.15, -0.1) is 0 Å². The molecule has 0 unspecified atom stereocenters. The van der Waals surface area contributed by atoms with E-state index < -0.39 is 0 Å². The quantitative estimate of drug-likeness (QED) is 0.743. The zero-order valence-electron chi connectivity index (χ0n) is 7.08. The monoisotopic (exact) mass is 164 g/mol. The van der Waals surface area contributed by atoms with E-state index in [1.165, 1.54) is 0 Å². The highest BCUT2D eigenvalue weighted by Crippen LogP contribution is 2.30. The summed E-state index contributed by atoms with van der Waals surface area (Å²) in [6.07, 6.45) is 1.66. The van der Waals surface area contributed by atoms with Crippen molar-refractivity contribution in [3.63, 3.8) is 0 Å². The molecule has 2 heteroatoms. The van der Waals surface area contributed by atoms with Gasteiger partial charge in [-0.25, -0.2) is 0 Å². The molecular formula is C10H12O2. The highest BCUT2D eigenvalue weighted by molar-refractivity contribution is 5.60. The number of rotatable bonds is 3. The third kappa shape index (κ3) is 1.59. The van der Waals surface area contributed by atoms with Gasteiger partial charge in [0.25, 0.3) is 0 Å². The normalized spacial score (nSPS) is 9.42. The molecule has 0 bridgehead atoms. The number of aromatic hydroxyl groups is 1. The Balaban J connectivity index is 3.10. The maximum Gasteiger partial charge on any atom is 0.168 e. The van der Waals surface area contributed by atoms with E-state index in [1.54, 1.807) is 18.2 Å². The number of benzene rings is 1. The summed E-state index contributed by atoms with van der Waals surface area (Å²) >= 11 is 0. The van der Waals surface area contributed by atoms with E-state index in [2.05, 4.69) is 6.58 Å². The van der Waals surface area contributed by atoms with Gasteiger partial charge >= 0.3 is 0 Å². The summed E-state index contributed by atoms with van der Waals surface area (Å²) in [6.45, 7) is 6.04. The van der Waals surface area contributed by atoms with E-state index in [1.807, 2.05) is 13.0 Å². The number of ether oxygens (including phenoxy) is 1. The van der Waals surface area contributed by atoms with Crippen LogP contribution in [0.1, 0.15) is 12.5 Å². The lowest BCUT2D eigenvalue weighted by Gasteiger charge is -2.08. The number of hydrogen-bond acceptors (Lipinski definition) is 2. The van der Waals surface area contributed by atoms with Gasteiger partial charge < -0.3 is 9.84 Å². The van der Waals surface area contributed by atoms with E-state index in [0.29, 0.717) is 12.4 Å². The van der Waals surface area contributed by atoms with Crippen LogP contribution in [0.3, 0.4) is 0 Å². The van der Waals surface area contributed by atoms with Crippen LogP contribution < -0.4 is 4.74 Å². The molecule has 0 aliphatic carbocycles. The van der Waals surface area contributed by atoms with Crippen LogP contribution in [0.5, 0.6) is 11.5 Å². The standard InChI is InChI=1S/C10H12O2/c1-3-8-6-5-7-9(11)10(8)12-4-2/h3,5-7,11H,1,4H2,2H3. The Kier molecular flexibility index (Phi) is 2.75. The zero-order valence-corrected chi connectivity index (χ0v) is 7.08. The predicted molar refractivity (Wildman–Crippen MR) is 49.4 cm³/mol. The van der Waals surface area contributed by atoms with Gasteiger partial charge in [0.05, 0.1) is 6.61 Å². The molecule has 12 heavy (non-hydrogen) atoms. The highest BCUT2D eigenvalue weighted by atomic mass is 16.5. The zero-order chi connectivity index (χ0) is 8.97. The Morgan fingerprint density at radius 2 is 2.33 bits per heavy atom. The lowest BCUT2D eigenvalue weighted by Crippen LogP contribution is -1.93. The summed E-state index contributed by atoms with van der Waals surface area (Å²) in [5, 5.41) is 9.38. The number of hydrogen-bond donors (Lipinski definition) is 1. The third-order valence-corrected chi connectivity index (χ3v) is 1.53. The molecule has 0 aromatic heterocycles. The van der Waals surface area contributed by atoms with E-state index in [-0.39, 0.29) is 5.75 Å².